The predicted molar refractivity (Wildman–Crippen MR) is 105 cm³/mol. The molecule has 0 aliphatic carbocycles. The van der Waals surface area contributed by atoms with E-state index in [-0.39, 0.29) is 17.9 Å². The van der Waals surface area contributed by atoms with Crippen LogP contribution in [0.3, 0.4) is 0 Å². The second kappa shape index (κ2) is 7.31. The second-order valence-corrected chi connectivity index (χ2v) is 6.86. The number of fused-ring (bicyclic) bond motifs is 1. The number of carbonyl (C=O) groups excluding carboxylic acids is 1. The SMILES string of the molecule is CC(C)OC(=O)c1cc2c(ccn2-c2ccc(F)cc2)n1Cc1cccnc1. The van der Waals surface area contributed by atoms with Gasteiger partial charge in [0.1, 0.15) is 11.5 Å². The lowest BCUT2D eigenvalue weighted by molar-refractivity contribution is 0.0366. The Morgan fingerprint density at radius 1 is 1.14 bits per heavy atom. The van der Waals surface area contributed by atoms with Crippen molar-refractivity contribution in [3.05, 3.63) is 84.2 Å². The predicted octanol–water partition coefficient (Wildman–Crippen LogP) is 4.58. The highest BCUT2D eigenvalue weighted by atomic mass is 19.1. The fourth-order valence-electron chi connectivity index (χ4n) is 3.26. The zero-order chi connectivity index (χ0) is 19.7. The van der Waals surface area contributed by atoms with Crippen LogP contribution in [-0.2, 0) is 11.3 Å². The Morgan fingerprint density at radius 2 is 1.93 bits per heavy atom. The summed E-state index contributed by atoms with van der Waals surface area (Å²) < 4.78 is 22.6. The van der Waals surface area contributed by atoms with Crippen molar-refractivity contribution in [2.75, 3.05) is 0 Å². The molecular weight excluding hydrogens is 357 g/mol. The van der Waals surface area contributed by atoms with Gasteiger partial charge < -0.3 is 13.9 Å². The Hall–Kier alpha value is -3.41. The molecule has 0 unspecified atom stereocenters. The quantitative estimate of drug-likeness (QED) is 0.478. The third-order valence-corrected chi connectivity index (χ3v) is 4.48. The van der Waals surface area contributed by atoms with Gasteiger partial charge in [-0.3, -0.25) is 4.98 Å². The summed E-state index contributed by atoms with van der Waals surface area (Å²) in [4.78, 5) is 16.9. The van der Waals surface area contributed by atoms with Gasteiger partial charge in [0.05, 0.1) is 17.1 Å². The van der Waals surface area contributed by atoms with Gasteiger partial charge >= 0.3 is 5.97 Å². The molecule has 0 aliphatic rings. The van der Waals surface area contributed by atoms with E-state index in [1.165, 1.54) is 12.1 Å². The van der Waals surface area contributed by atoms with Crippen LogP contribution in [0.15, 0.2) is 67.1 Å². The molecule has 0 aliphatic heterocycles. The molecule has 0 atom stereocenters. The van der Waals surface area contributed by atoms with Crippen molar-refractivity contribution in [2.24, 2.45) is 0 Å². The molecule has 142 valence electrons. The number of ether oxygens (including phenoxy) is 1. The summed E-state index contributed by atoms with van der Waals surface area (Å²) in [6.45, 7) is 4.14. The van der Waals surface area contributed by atoms with Crippen molar-refractivity contribution < 1.29 is 13.9 Å². The minimum atomic E-state index is -0.374. The second-order valence-electron chi connectivity index (χ2n) is 6.86. The van der Waals surface area contributed by atoms with Crippen molar-refractivity contribution in [2.45, 2.75) is 26.5 Å². The van der Waals surface area contributed by atoms with Crippen LogP contribution in [0.25, 0.3) is 16.7 Å². The zero-order valence-electron chi connectivity index (χ0n) is 15.7. The van der Waals surface area contributed by atoms with Crippen molar-refractivity contribution >= 4 is 17.0 Å². The molecule has 0 saturated carbocycles. The molecule has 0 radical (unpaired) electrons. The molecule has 0 bridgehead atoms. The molecule has 6 heteroatoms. The molecule has 28 heavy (non-hydrogen) atoms. The van der Waals surface area contributed by atoms with E-state index in [1.807, 2.05) is 53.4 Å². The smallest absolute Gasteiger partial charge is 0.355 e. The summed E-state index contributed by atoms with van der Waals surface area (Å²) in [6.07, 6.45) is 5.19. The third-order valence-electron chi connectivity index (χ3n) is 4.48. The number of carbonyl (C=O) groups is 1. The Balaban J connectivity index is 1.84. The first-order valence-corrected chi connectivity index (χ1v) is 9.09. The average Bonchev–Trinajstić information content (AvgIpc) is 3.23. The maximum absolute atomic E-state index is 13.3. The molecule has 0 N–H and O–H groups in total. The maximum Gasteiger partial charge on any atom is 0.355 e. The Labute approximate surface area is 162 Å². The molecule has 3 aromatic heterocycles. The van der Waals surface area contributed by atoms with E-state index >= 15 is 0 Å². The first-order valence-electron chi connectivity index (χ1n) is 9.09. The van der Waals surface area contributed by atoms with E-state index in [0.717, 1.165) is 22.3 Å². The van der Waals surface area contributed by atoms with E-state index in [4.69, 9.17) is 4.74 Å². The highest BCUT2D eigenvalue weighted by Crippen LogP contribution is 2.26. The number of pyridine rings is 1. The standard InChI is InChI=1S/C22H20FN3O2/c1-15(2)28-22(27)21-12-20-19(26(21)14-16-4-3-10-24-13-16)9-11-25(20)18-7-5-17(23)6-8-18/h3-13,15H,14H2,1-2H3. The van der Waals surface area contributed by atoms with E-state index in [0.29, 0.717) is 12.2 Å². The van der Waals surface area contributed by atoms with Crippen LogP contribution < -0.4 is 0 Å². The summed E-state index contributed by atoms with van der Waals surface area (Å²) in [5.41, 5.74) is 4.01. The monoisotopic (exact) mass is 377 g/mol. The number of benzene rings is 1. The Bertz CT molecular complexity index is 1110. The average molecular weight is 377 g/mol. The topological polar surface area (TPSA) is 49.0 Å². The van der Waals surface area contributed by atoms with Gasteiger partial charge in [0.25, 0.3) is 0 Å². The Morgan fingerprint density at radius 3 is 2.61 bits per heavy atom. The van der Waals surface area contributed by atoms with Gasteiger partial charge in [-0.1, -0.05) is 6.07 Å². The molecule has 0 saturated heterocycles. The molecule has 1 aromatic carbocycles. The van der Waals surface area contributed by atoms with Crippen LogP contribution in [0.4, 0.5) is 4.39 Å². The number of nitrogens with zero attached hydrogens (tertiary/aromatic N) is 3. The number of esters is 1. The van der Waals surface area contributed by atoms with E-state index < -0.39 is 0 Å². The number of rotatable bonds is 5. The lowest BCUT2D eigenvalue weighted by atomic mass is 10.3. The fraction of sp³-hybridized carbons (Fsp3) is 0.182. The van der Waals surface area contributed by atoms with Gasteiger partial charge in [0.2, 0.25) is 0 Å². The van der Waals surface area contributed by atoms with E-state index in [2.05, 4.69) is 4.98 Å². The van der Waals surface area contributed by atoms with Crippen LogP contribution >= 0.6 is 0 Å². The maximum atomic E-state index is 13.3. The van der Waals surface area contributed by atoms with Gasteiger partial charge in [-0.05, 0) is 61.9 Å². The molecular formula is C22H20FN3O2. The van der Waals surface area contributed by atoms with E-state index in [1.54, 1.807) is 24.5 Å². The minimum Gasteiger partial charge on any atom is -0.458 e. The normalized spacial score (nSPS) is 11.3. The lowest BCUT2D eigenvalue weighted by Gasteiger charge is -2.11. The third kappa shape index (κ3) is 3.41. The van der Waals surface area contributed by atoms with Crippen LogP contribution in [0, 0.1) is 5.82 Å². The fourth-order valence-corrected chi connectivity index (χ4v) is 3.26. The highest BCUT2D eigenvalue weighted by molar-refractivity contribution is 5.95. The summed E-state index contributed by atoms with van der Waals surface area (Å²) in [7, 11) is 0. The van der Waals surface area contributed by atoms with Gasteiger partial charge in [-0.25, -0.2) is 9.18 Å². The molecule has 0 amide bonds. The van der Waals surface area contributed by atoms with Gasteiger partial charge in [0, 0.05) is 30.8 Å². The van der Waals surface area contributed by atoms with Crippen LogP contribution in [0.2, 0.25) is 0 Å². The number of halogens is 1. The molecule has 4 aromatic rings. The minimum absolute atomic E-state index is 0.215. The van der Waals surface area contributed by atoms with E-state index in [9.17, 15) is 9.18 Å². The lowest BCUT2D eigenvalue weighted by Crippen LogP contribution is -2.16. The number of hydrogen-bond acceptors (Lipinski definition) is 3. The van der Waals surface area contributed by atoms with Crippen molar-refractivity contribution in [1.29, 1.82) is 0 Å². The summed E-state index contributed by atoms with van der Waals surface area (Å²) in [5, 5.41) is 0. The largest absolute Gasteiger partial charge is 0.458 e. The molecule has 5 nitrogen and oxygen atoms in total. The Kier molecular flexibility index (Phi) is 4.69. The van der Waals surface area contributed by atoms with Crippen molar-refractivity contribution in [1.82, 2.24) is 14.1 Å². The first kappa shape index (κ1) is 18.0. The van der Waals surface area contributed by atoms with Gasteiger partial charge in [-0.15, -0.1) is 0 Å². The number of aromatic nitrogens is 3. The number of hydrogen-bond donors (Lipinski definition) is 0. The van der Waals surface area contributed by atoms with Gasteiger partial charge in [0.15, 0.2) is 0 Å². The zero-order valence-corrected chi connectivity index (χ0v) is 15.7. The first-order chi connectivity index (χ1) is 13.5. The summed E-state index contributed by atoms with van der Waals surface area (Å²) >= 11 is 0. The highest BCUT2D eigenvalue weighted by Gasteiger charge is 2.20. The van der Waals surface area contributed by atoms with Gasteiger partial charge in [-0.2, -0.15) is 0 Å². The van der Waals surface area contributed by atoms with Crippen molar-refractivity contribution in [3.63, 3.8) is 0 Å². The summed E-state index contributed by atoms with van der Waals surface area (Å²) in [6, 6.07) is 13.8. The molecule has 4 rings (SSSR count). The van der Waals surface area contributed by atoms with Crippen molar-refractivity contribution in [3.8, 4) is 5.69 Å². The summed E-state index contributed by atoms with van der Waals surface area (Å²) in [5.74, 6) is -0.664. The van der Waals surface area contributed by atoms with Crippen LogP contribution in [0.1, 0.15) is 29.9 Å². The van der Waals surface area contributed by atoms with Crippen LogP contribution in [0.5, 0.6) is 0 Å². The molecule has 0 spiro atoms. The molecule has 0 fully saturated rings. The molecule has 3 heterocycles. The van der Waals surface area contributed by atoms with Crippen LogP contribution in [-0.4, -0.2) is 26.2 Å².